The van der Waals surface area contributed by atoms with Crippen LogP contribution in [0.5, 0.6) is 5.75 Å². The molecule has 0 spiro atoms. The van der Waals surface area contributed by atoms with Crippen LogP contribution in [-0.4, -0.2) is 39.1 Å². The van der Waals surface area contributed by atoms with Crippen LogP contribution in [-0.2, 0) is 16.2 Å². The molecule has 0 radical (unpaired) electrons. The summed E-state index contributed by atoms with van der Waals surface area (Å²) in [5, 5.41) is 0. The highest BCUT2D eigenvalue weighted by atomic mass is 32.2. The van der Waals surface area contributed by atoms with E-state index >= 15 is 0 Å². The van der Waals surface area contributed by atoms with Crippen LogP contribution in [0.3, 0.4) is 0 Å². The molecule has 6 nitrogen and oxygen atoms in total. The Bertz CT molecular complexity index is 965. The lowest BCUT2D eigenvalue weighted by molar-refractivity contribution is -0.137. The van der Waals surface area contributed by atoms with E-state index in [1.807, 2.05) is 0 Å². The Morgan fingerprint density at radius 1 is 1.28 bits per heavy atom. The minimum atomic E-state index is -4.47. The van der Waals surface area contributed by atoms with Crippen molar-refractivity contribution in [2.45, 2.75) is 30.5 Å². The van der Waals surface area contributed by atoms with Crippen LogP contribution in [0.15, 0.2) is 41.4 Å². The summed E-state index contributed by atoms with van der Waals surface area (Å²) in [6.07, 6.45) is -3.29. The number of hydrogen-bond donors (Lipinski definition) is 1. The van der Waals surface area contributed by atoms with Crippen LogP contribution >= 0.6 is 0 Å². The van der Waals surface area contributed by atoms with Crippen LogP contribution in [0, 0.1) is 5.82 Å². The highest BCUT2D eigenvalue weighted by molar-refractivity contribution is 7.89. The topological polar surface area (TPSA) is 71.5 Å². The second-order valence-electron chi connectivity index (χ2n) is 6.48. The second kappa shape index (κ2) is 8.15. The van der Waals surface area contributed by atoms with Crippen LogP contribution in [0.25, 0.3) is 0 Å². The maximum Gasteiger partial charge on any atom is 0.417 e. The Labute approximate surface area is 165 Å². The van der Waals surface area contributed by atoms with Crippen molar-refractivity contribution in [1.82, 2.24) is 9.71 Å². The predicted molar refractivity (Wildman–Crippen MR) is 97.7 cm³/mol. The first kappa shape index (κ1) is 21.3. The first-order valence-corrected chi connectivity index (χ1v) is 10.3. The van der Waals surface area contributed by atoms with Gasteiger partial charge in [0, 0.05) is 25.3 Å². The third-order valence-corrected chi connectivity index (χ3v) is 5.94. The number of ether oxygens (including phenoxy) is 1. The lowest BCUT2D eigenvalue weighted by atomic mass is 10.3. The summed E-state index contributed by atoms with van der Waals surface area (Å²) in [7, 11) is -3.97. The molecule has 1 fully saturated rings. The number of sulfonamides is 1. The summed E-state index contributed by atoms with van der Waals surface area (Å²) < 4.78 is 84.5. The van der Waals surface area contributed by atoms with Gasteiger partial charge >= 0.3 is 6.18 Å². The molecule has 3 rings (SSSR count). The van der Waals surface area contributed by atoms with Crippen molar-refractivity contribution < 1.29 is 30.7 Å². The van der Waals surface area contributed by atoms with E-state index in [2.05, 4.69) is 9.71 Å². The number of hydrogen-bond acceptors (Lipinski definition) is 5. The summed E-state index contributed by atoms with van der Waals surface area (Å²) in [6.45, 7) is 2.58. The molecule has 158 valence electrons. The van der Waals surface area contributed by atoms with Crippen molar-refractivity contribution in [3.05, 3.63) is 47.9 Å². The summed E-state index contributed by atoms with van der Waals surface area (Å²) in [4.78, 5) is 5.27. The van der Waals surface area contributed by atoms with Crippen molar-refractivity contribution >= 4 is 15.8 Å². The maximum atomic E-state index is 14.0. The van der Waals surface area contributed by atoms with Crippen molar-refractivity contribution in [3.8, 4) is 5.75 Å². The van der Waals surface area contributed by atoms with Gasteiger partial charge in [-0.2, -0.15) is 13.2 Å². The van der Waals surface area contributed by atoms with E-state index in [4.69, 9.17) is 4.74 Å². The molecule has 1 atom stereocenters. The molecular formula is C18H19F4N3O3S. The molecule has 1 aromatic heterocycles. The van der Waals surface area contributed by atoms with Gasteiger partial charge in [-0.3, -0.25) is 0 Å². The molecule has 1 aromatic carbocycles. The minimum Gasteiger partial charge on any atom is -0.491 e. The molecule has 0 aliphatic carbocycles. The molecule has 1 aliphatic rings. The number of benzene rings is 1. The smallest absolute Gasteiger partial charge is 0.417 e. The van der Waals surface area contributed by atoms with Gasteiger partial charge in [-0.25, -0.2) is 22.5 Å². The van der Waals surface area contributed by atoms with Crippen LogP contribution in [0.2, 0.25) is 0 Å². The van der Waals surface area contributed by atoms with E-state index in [1.54, 1.807) is 11.8 Å². The van der Waals surface area contributed by atoms with Gasteiger partial charge in [0.05, 0.1) is 17.1 Å². The lowest BCUT2D eigenvalue weighted by Crippen LogP contribution is -2.37. The molecule has 2 heterocycles. The molecule has 0 bridgehead atoms. The average molecular weight is 433 g/mol. The zero-order valence-electron chi connectivity index (χ0n) is 15.4. The Hall–Kier alpha value is -2.40. The lowest BCUT2D eigenvalue weighted by Gasteiger charge is -2.18. The van der Waals surface area contributed by atoms with E-state index in [0.717, 1.165) is 18.3 Å². The van der Waals surface area contributed by atoms with Gasteiger partial charge in [0.25, 0.3) is 0 Å². The zero-order valence-corrected chi connectivity index (χ0v) is 16.2. The number of anilines is 1. The summed E-state index contributed by atoms with van der Waals surface area (Å²) in [5.41, 5.74) is -0.852. The fourth-order valence-corrected chi connectivity index (χ4v) is 4.29. The Morgan fingerprint density at radius 3 is 2.62 bits per heavy atom. The molecular weight excluding hydrogens is 414 g/mol. The van der Waals surface area contributed by atoms with Crippen molar-refractivity contribution in [2.75, 3.05) is 24.6 Å². The zero-order chi connectivity index (χ0) is 21.2. The van der Waals surface area contributed by atoms with Crippen molar-refractivity contribution in [3.63, 3.8) is 0 Å². The standard InChI is InChI=1S/C18H19F4N3O3S/c1-2-28-16-5-4-14(9-15(16)19)29(26,27)24-13-7-8-25(11-13)17-6-3-12(10-23-17)18(20,21)22/h3-6,9-10,13,24H,2,7-8,11H2,1H3/t13-/m1/s1. The fourth-order valence-electron chi connectivity index (χ4n) is 3.01. The normalized spacial score (nSPS) is 17.6. The number of nitrogens with zero attached hydrogens (tertiary/aromatic N) is 2. The first-order chi connectivity index (χ1) is 13.6. The molecule has 11 heteroatoms. The maximum absolute atomic E-state index is 14.0. The summed E-state index contributed by atoms with van der Waals surface area (Å²) in [5.74, 6) is -0.490. The molecule has 2 aromatic rings. The van der Waals surface area contributed by atoms with Crippen LogP contribution in [0.1, 0.15) is 18.9 Å². The average Bonchev–Trinajstić information content (AvgIpc) is 3.10. The van der Waals surface area contributed by atoms with E-state index < -0.39 is 33.6 Å². The van der Waals surface area contributed by atoms with Gasteiger partial charge < -0.3 is 9.64 Å². The van der Waals surface area contributed by atoms with Gasteiger partial charge in [0.2, 0.25) is 10.0 Å². The Kier molecular flexibility index (Phi) is 5.99. The second-order valence-corrected chi connectivity index (χ2v) is 8.19. The van der Waals surface area contributed by atoms with Gasteiger partial charge in [0.15, 0.2) is 11.6 Å². The quantitative estimate of drug-likeness (QED) is 0.709. The van der Waals surface area contributed by atoms with Gasteiger partial charge in [-0.15, -0.1) is 0 Å². The third kappa shape index (κ3) is 4.96. The largest absolute Gasteiger partial charge is 0.491 e. The van der Waals surface area contributed by atoms with E-state index in [-0.39, 0.29) is 23.8 Å². The van der Waals surface area contributed by atoms with E-state index in [1.165, 1.54) is 18.2 Å². The Morgan fingerprint density at radius 2 is 2.03 bits per heavy atom. The molecule has 0 amide bonds. The predicted octanol–water partition coefficient (Wildman–Crippen LogP) is 3.20. The highest BCUT2D eigenvalue weighted by Crippen LogP contribution is 2.30. The highest BCUT2D eigenvalue weighted by Gasteiger charge is 2.32. The summed E-state index contributed by atoms with van der Waals surface area (Å²) in [6, 6.07) is 5.08. The number of rotatable bonds is 6. The van der Waals surface area contributed by atoms with E-state index in [0.29, 0.717) is 18.8 Å². The minimum absolute atomic E-state index is 0.0353. The molecule has 1 aliphatic heterocycles. The van der Waals surface area contributed by atoms with Crippen LogP contribution < -0.4 is 14.4 Å². The Balaban J connectivity index is 1.66. The van der Waals surface area contributed by atoms with Crippen molar-refractivity contribution in [1.29, 1.82) is 0 Å². The number of halogens is 4. The first-order valence-electron chi connectivity index (χ1n) is 8.83. The number of aromatic nitrogens is 1. The third-order valence-electron chi connectivity index (χ3n) is 4.42. The van der Waals surface area contributed by atoms with E-state index in [9.17, 15) is 26.0 Å². The van der Waals surface area contributed by atoms with Gasteiger partial charge in [-0.1, -0.05) is 0 Å². The molecule has 0 saturated carbocycles. The number of alkyl halides is 3. The number of pyridine rings is 1. The van der Waals surface area contributed by atoms with Gasteiger partial charge in [-0.05, 0) is 43.7 Å². The SMILES string of the molecule is CCOc1ccc(S(=O)(=O)N[C@@H]2CCN(c3ccc(C(F)(F)F)cn3)C2)cc1F. The fraction of sp³-hybridized carbons (Fsp3) is 0.389. The molecule has 1 N–H and O–H groups in total. The molecule has 1 saturated heterocycles. The summed E-state index contributed by atoms with van der Waals surface area (Å²) >= 11 is 0. The molecule has 29 heavy (non-hydrogen) atoms. The molecule has 0 unspecified atom stereocenters. The monoisotopic (exact) mass is 433 g/mol. The van der Waals surface area contributed by atoms with Crippen LogP contribution in [0.4, 0.5) is 23.4 Å². The van der Waals surface area contributed by atoms with Crippen molar-refractivity contribution in [2.24, 2.45) is 0 Å². The number of nitrogens with one attached hydrogen (secondary N) is 1. The van der Waals surface area contributed by atoms with Gasteiger partial charge in [0.1, 0.15) is 5.82 Å².